The molecule has 0 radical (unpaired) electrons. The number of benzene rings is 1. The quantitative estimate of drug-likeness (QED) is 0.856. The zero-order valence-electron chi connectivity index (χ0n) is 11.6. The van der Waals surface area contributed by atoms with Crippen molar-refractivity contribution >= 4 is 5.57 Å². The van der Waals surface area contributed by atoms with Crippen molar-refractivity contribution < 1.29 is 22.6 Å². The first-order valence-corrected chi connectivity index (χ1v) is 6.80. The second kappa shape index (κ2) is 5.69. The van der Waals surface area contributed by atoms with E-state index in [1.54, 1.807) is 0 Å². The molecule has 2 unspecified atom stereocenters. The molecule has 1 saturated heterocycles. The number of nitrogens with zero attached hydrogens (tertiary/aromatic N) is 1. The molecule has 0 aromatic heterocycles. The van der Waals surface area contributed by atoms with E-state index in [0.29, 0.717) is 25.2 Å². The topological polar surface area (TPSA) is 21.7 Å². The van der Waals surface area contributed by atoms with Crippen molar-refractivity contribution in [3.05, 3.63) is 35.7 Å². The van der Waals surface area contributed by atoms with E-state index in [1.165, 1.54) is 18.2 Å². The summed E-state index contributed by atoms with van der Waals surface area (Å²) < 4.78 is 49.1. The highest BCUT2D eigenvalue weighted by Gasteiger charge is 2.33. The van der Waals surface area contributed by atoms with E-state index in [-0.39, 0.29) is 23.4 Å². The minimum absolute atomic E-state index is 0.0338. The van der Waals surface area contributed by atoms with Crippen LogP contribution in [0.1, 0.15) is 12.0 Å². The Bertz CT molecular complexity index is 562. The van der Waals surface area contributed by atoms with Gasteiger partial charge in [0.15, 0.2) is 0 Å². The summed E-state index contributed by atoms with van der Waals surface area (Å²) in [6, 6.07) is 4.17. The van der Waals surface area contributed by atoms with Crippen LogP contribution < -0.4 is 4.74 Å². The Kier molecular flexibility index (Phi) is 3.91. The van der Waals surface area contributed by atoms with Crippen molar-refractivity contribution in [2.45, 2.75) is 25.1 Å². The number of halogens is 3. The largest absolute Gasteiger partial charge is 0.434 e. The van der Waals surface area contributed by atoms with Gasteiger partial charge in [-0.2, -0.15) is 8.78 Å². The fraction of sp³-hybridized carbons (Fsp3) is 0.467. The van der Waals surface area contributed by atoms with Crippen molar-refractivity contribution in [2.24, 2.45) is 0 Å². The third-order valence-corrected chi connectivity index (χ3v) is 4.06. The molecular formula is C15H16F3NO2. The van der Waals surface area contributed by atoms with Crippen molar-refractivity contribution in [1.82, 2.24) is 4.90 Å². The number of likely N-dealkylation sites (N-methyl/N-ethyl adjacent to an activating group) is 1. The third-order valence-electron chi connectivity index (χ3n) is 4.06. The molecule has 2 aliphatic rings. The maximum Gasteiger partial charge on any atom is 0.387 e. The Hall–Kier alpha value is -1.53. The van der Waals surface area contributed by atoms with Crippen LogP contribution in [0.25, 0.3) is 5.57 Å². The van der Waals surface area contributed by atoms with Gasteiger partial charge in [-0.25, -0.2) is 4.39 Å². The van der Waals surface area contributed by atoms with Crippen molar-refractivity contribution in [1.29, 1.82) is 0 Å². The molecule has 1 fully saturated rings. The fourth-order valence-electron chi connectivity index (χ4n) is 2.95. The van der Waals surface area contributed by atoms with E-state index in [9.17, 15) is 13.2 Å². The summed E-state index contributed by atoms with van der Waals surface area (Å²) in [6.45, 7) is -1.89. The minimum atomic E-state index is -2.97. The van der Waals surface area contributed by atoms with Gasteiger partial charge in [0.1, 0.15) is 11.6 Å². The summed E-state index contributed by atoms with van der Waals surface area (Å²) in [5, 5.41) is 0. The van der Waals surface area contributed by atoms with Gasteiger partial charge in [0.05, 0.1) is 24.8 Å². The van der Waals surface area contributed by atoms with E-state index < -0.39 is 12.4 Å². The van der Waals surface area contributed by atoms with Gasteiger partial charge in [0, 0.05) is 6.04 Å². The number of rotatable bonds is 3. The maximum atomic E-state index is 14.1. The molecule has 0 saturated carbocycles. The van der Waals surface area contributed by atoms with Crippen LogP contribution in [-0.2, 0) is 4.74 Å². The molecule has 0 aliphatic carbocycles. The average molecular weight is 299 g/mol. The first-order valence-electron chi connectivity index (χ1n) is 6.80. The molecule has 6 heteroatoms. The minimum Gasteiger partial charge on any atom is -0.434 e. The van der Waals surface area contributed by atoms with E-state index >= 15 is 0 Å². The monoisotopic (exact) mass is 299 g/mol. The van der Waals surface area contributed by atoms with Crippen molar-refractivity contribution in [2.75, 3.05) is 20.3 Å². The molecule has 0 spiro atoms. The molecule has 2 heterocycles. The number of hydrogen-bond donors (Lipinski definition) is 0. The second-order valence-corrected chi connectivity index (χ2v) is 5.31. The lowest BCUT2D eigenvalue weighted by Gasteiger charge is -2.42. The normalized spacial score (nSPS) is 25.9. The standard InChI is InChI=1S/C15H16F3NO2/c1-19-10-5-9(6-11(19)8-20-7-10)14-12(16)3-2-4-13(14)21-15(17)18/h2-5,10-11,15H,6-8H2,1H3. The summed E-state index contributed by atoms with van der Waals surface area (Å²) in [6.07, 6.45) is 2.43. The smallest absolute Gasteiger partial charge is 0.387 e. The number of fused-ring (bicyclic) bond motifs is 2. The van der Waals surface area contributed by atoms with Crippen LogP contribution in [0.15, 0.2) is 24.3 Å². The van der Waals surface area contributed by atoms with Gasteiger partial charge in [-0.05, 0) is 31.2 Å². The Morgan fingerprint density at radius 1 is 1.33 bits per heavy atom. The van der Waals surface area contributed by atoms with Crippen LogP contribution in [0.4, 0.5) is 13.2 Å². The Labute approximate surface area is 120 Å². The van der Waals surface area contributed by atoms with E-state index in [0.717, 1.165) is 0 Å². The molecule has 2 bridgehead atoms. The Morgan fingerprint density at radius 3 is 2.86 bits per heavy atom. The van der Waals surface area contributed by atoms with Crippen molar-refractivity contribution in [3.8, 4) is 5.75 Å². The predicted molar refractivity (Wildman–Crippen MR) is 71.8 cm³/mol. The van der Waals surface area contributed by atoms with Gasteiger partial charge in [-0.1, -0.05) is 12.1 Å². The van der Waals surface area contributed by atoms with Gasteiger partial charge in [-0.3, -0.25) is 4.90 Å². The molecule has 2 aliphatic heterocycles. The number of alkyl halides is 2. The number of morpholine rings is 1. The summed E-state index contributed by atoms with van der Waals surface area (Å²) in [4.78, 5) is 2.17. The lowest BCUT2D eigenvalue weighted by Crippen LogP contribution is -2.51. The van der Waals surface area contributed by atoms with E-state index in [1.807, 2.05) is 13.1 Å². The maximum absolute atomic E-state index is 14.1. The molecule has 2 atom stereocenters. The van der Waals surface area contributed by atoms with Gasteiger partial charge in [0.2, 0.25) is 0 Å². The molecule has 3 rings (SSSR count). The Morgan fingerprint density at radius 2 is 2.14 bits per heavy atom. The van der Waals surface area contributed by atoms with E-state index in [4.69, 9.17) is 4.74 Å². The zero-order chi connectivity index (χ0) is 15.0. The fourth-order valence-corrected chi connectivity index (χ4v) is 2.95. The zero-order valence-corrected chi connectivity index (χ0v) is 11.6. The van der Waals surface area contributed by atoms with Gasteiger partial charge >= 0.3 is 6.61 Å². The average Bonchev–Trinajstić information content (AvgIpc) is 2.38. The van der Waals surface area contributed by atoms with Crippen molar-refractivity contribution in [3.63, 3.8) is 0 Å². The highest BCUT2D eigenvalue weighted by Crippen LogP contribution is 2.37. The molecule has 0 amide bonds. The van der Waals surface area contributed by atoms with Gasteiger partial charge < -0.3 is 9.47 Å². The highest BCUT2D eigenvalue weighted by atomic mass is 19.3. The third kappa shape index (κ3) is 2.78. The molecule has 1 aromatic carbocycles. The summed E-state index contributed by atoms with van der Waals surface area (Å²) >= 11 is 0. The van der Waals surface area contributed by atoms with Crippen LogP contribution in [-0.4, -0.2) is 43.9 Å². The molecular weight excluding hydrogens is 283 g/mol. The molecule has 1 aromatic rings. The van der Waals surface area contributed by atoms with Gasteiger partial charge in [-0.15, -0.1) is 0 Å². The summed E-state index contributed by atoms with van der Waals surface area (Å²) in [5.74, 6) is -0.650. The SMILES string of the molecule is CN1C2C=C(c3c(F)cccc3OC(F)F)CC1COC2. The lowest BCUT2D eigenvalue weighted by atomic mass is 9.89. The second-order valence-electron chi connectivity index (χ2n) is 5.31. The van der Waals surface area contributed by atoms with Crippen LogP contribution in [0.2, 0.25) is 0 Å². The van der Waals surface area contributed by atoms with Crippen LogP contribution in [0.3, 0.4) is 0 Å². The molecule has 114 valence electrons. The van der Waals surface area contributed by atoms with Gasteiger partial charge in [0.25, 0.3) is 0 Å². The summed E-state index contributed by atoms with van der Waals surface area (Å²) in [7, 11) is 1.99. The first kappa shape index (κ1) is 14.4. The summed E-state index contributed by atoms with van der Waals surface area (Å²) in [5.41, 5.74) is 0.850. The van der Waals surface area contributed by atoms with Crippen LogP contribution >= 0.6 is 0 Å². The Balaban J connectivity index is 2.00. The van der Waals surface area contributed by atoms with Crippen LogP contribution in [0, 0.1) is 5.82 Å². The first-order chi connectivity index (χ1) is 10.1. The number of ether oxygens (including phenoxy) is 2. The highest BCUT2D eigenvalue weighted by molar-refractivity contribution is 5.73. The number of hydrogen-bond acceptors (Lipinski definition) is 3. The molecule has 3 nitrogen and oxygen atoms in total. The van der Waals surface area contributed by atoms with Crippen LogP contribution in [0.5, 0.6) is 5.75 Å². The molecule has 0 N–H and O–H groups in total. The molecule has 21 heavy (non-hydrogen) atoms. The van der Waals surface area contributed by atoms with E-state index in [2.05, 4.69) is 9.64 Å². The lowest BCUT2D eigenvalue weighted by molar-refractivity contribution is -0.0503. The predicted octanol–water partition coefficient (Wildman–Crippen LogP) is 2.91.